The summed E-state index contributed by atoms with van der Waals surface area (Å²) < 4.78 is 0. The number of thioether (sulfide) groups is 1. The quantitative estimate of drug-likeness (QED) is 0.851. The van der Waals surface area contributed by atoms with Crippen LogP contribution >= 0.6 is 11.8 Å². The van der Waals surface area contributed by atoms with Gasteiger partial charge in [-0.1, -0.05) is 43.5 Å². The van der Waals surface area contributed by atoms with Crippen molar-refractivity contribution in [2.75, 3.05) is 0 Å². The van der Waals surface area contributed by atoms with Gasteiger partial charge in [0.1, 0.15) is 0 Å². The second-order valence-corrected chi connectivity index (χ2v) is 6.50. The number of nitrogens with zero attached hydrogens (tertiary/aromatic N) is 3. The number of aliphatic imine (C=N–C) groups is 1. The van der Waals surface area contributed by atoms with Gasteiger partial charge in [0.15, 0.2) is 5.17 Å². The van der Waals surface area contributed by atoms with E-state index < -0.39 is 0 Å². The molecule has 0 aromatic carbocycles. The maximum Gasteiger partial charge on any atom is 0.174 e. The van der Waals surface area contributed by atoms with Gasteiger partial charge < -0.3 is 0 Å². The van der Waals surface area contributed by atoms with E-state index in [0.717, 1.165) is 16.6 Å². The number of amidine groups is 1. The highest BCUT2D eigenvalue weighted by Crippen LogP contribution is 2.30. The van der Waals surface area contributed by atoms with Crippen LogP contribution in [0.25, 0.3) is 0 Å². The Kier molecular flexibility index (Phi) is 4.58. The van der Waals surface area contributed by atoms with Gasteiger partial charge in [0.2, 0.25) is 0 Å². The summed E-state index contributed by atoms with van der Waals surface area (Å²) in [5.74, 6) is 7.12. The zero-order valence-electron chi connectivity index (χ0n) is 11.7. The molecule has 1 saturated carbocycles. The Balaban J connectivity index is 1.62. The van der Waals surface area contributed by atoms with Crippen molar-refractivity contribution in [2.45, 2.75) is 56.4 Å². The molecule has 0 spiro atoms. The summed E-state index contributed by atoms with van der Waals surface area (Å²) in [6.45, 7) is 0. The van der Waals surface area contributed by atoms with Gasteiger partial charge in [0.05, 0.1) is 17.8 Å². The van der Waals surface area contributed by atoms with E-state index in [-0.39, 0.29) is 0 Å². The van der Waals surface area contributed by atoms with Crippen LogP contribution in [0, 0.1) is 0 Å². The smallest absolute Gasteiger partial charge is 0.174 e. The van der Waals surface area contributed by atoms with Crippen molar-refractivity contribution in [3.8, 4) is 0 Å². The van der Waals surface area contributed by atoms with Gasteiger partial charge in [-0.05, 0) is 25.0 Å². The monoisotopic (exact) mass is 290 g/mol. The molecule has 4 nitrogen and oxygen atoms in total. The summed E-state index contributed by atoms with van der Waals surface area (Å²) in [5, 5.41) is 2.91. The molecule has 1 fully saturated rings. The van der Waals surface area contributed by atoms with Crippen LogP contribution in [0.15, 0.2) is 29.4 Å². The molecule has 108 valence electrons. The van der Waals surface area contributed by atoms with Crippen molar-refractivity contribution in [1.82, 2.24) is 9.99 Å². The van der Waals surface area contributed by atoms with Crippen LogP contribution in [0.4, 0.5) is 0 Å². The molecule has 5 heteroatoms. The van der Waals surface area contributed by atoms with E-state index in [1.54, 1.807) is 11.8 Å². The fraction of sp³-hybridized carbons (Fsp3) is 0.600. The molecule has 20 heavy (non-hydrogen) atoms. The number of pyridine rings is 1. The van der Waals surface area contributed by atoms with E-state index in [2.05, 4.69) is 4.98 Å². The lowest BCUT2D eigenvalue weighted by Gasteiger charge is -2.27. The fourth-order valence-electron chi connectivity index (χ4n) is 3.00. The second-order valence-electron chi connectivity index (χ2n) is 5.55. The number of rotatable bonds is 2. The van der Waals surface area contributed by atoms with E-state index in [9.17, 15) is 0 Å². The normalized spacial score (nSPS) is 26.6. The number of hydrazine groups is 1. The molecule has 0 saturated heterocycles. The summed E-state index contributed by atoms with van der Waals surface area (Å²) >= 11 is 1.71. The zero-order valence-corrected chi connectivity index (χ0v) is 12.6. The molecule has 2 N–H and O–H groups in total. The molecule has 1 aromatic heterocycles. The molecular weight excluding hydrogens is 268 g/mol. The molecule has 0 radical (unpaired) electrons. The van der Waals surface area contributed by atoms with Gasteiger partial charge in [-0.25, -0.2) is 5.84 Å². The average Bonchev–Trinajstić information content (AvgIpc) is 2.73. The lowest BCUT2D eigenvalue weighted by atomic mass is 9.93. The van der Waals surface area contributed by atoms with Crippen molar-refractivity contribution in [3.63, 3.8) is 0 Å². The first-order chi connectivity index (χ1) is 9.84. The first-order valence-corrected chi connectivity index (χ1v) is 8.47. The van der Waals surface area contributed by atoms with Crippen LogP contribution < -0.4 is 5.84 Å². The molecule has 1 aliphatic carbocycles. The average molecular weight is 290 g/mol. The fourth-order valence-corrected chi connectivity index (χ4v) is 3.95. The van der Waals surface area contributed by atoms with Crippen LogP contribution in [0.3, 0.4) is 0 Å². The molecule has 2 atom stereocenters. The zero-order chi connectivity index (χ0) is 13.8. The van der Waals surface area contributed by atoms with E-state index >= 15 is 0 Å². The summed E-state index contributed by atoms with van der Waals surface area (Å²) in [4.78, 5) is 9.21. The number of hydrogen-bond donors (Lipinski definition) is 1. The lowest BCUT2D eigenvalue weighted by Crippen LogP contribution is -2.44. The summed E-state index contributed by atoms with van der Waals surface area (Å²) in [6, 6.07) is 6.84. The summed E-state index contributed by atoms with van der Waals surface area (Å²) in [6.07, 6.45) is 9.46. The minimum atomic E-state index is 0.409. The first kappa shape index (κ1) is 13.9. The molecule has 3 rings (SSSR count). The molecule has 2 heterocycles. The largest absolute Gasteiger partial charge is 0.284 e. The third kappa shape index (κ3) is 3.15. The van der Waals surface area contributed by atoms with Gasteiger partial charge in [-0.2, -0.15) is 0 Å². The van der Waals surface area contributed by atoms with E-state index in [0.29, 0.717) is 12.1 Å². The van der Waals surface area contributed by atoms with Crippen LogP contribution in [-0.2, 0) is 5.75 Å². The Morgan fingerprint density at radius 1 is 1.20 bits per heavy atom. The topological polar surface area (TPSA) is 54.5 Å². The highest BCUT2D eigenvalue weighted by Gasteiger charge is 2.34. The van der Waals surface area contributed by atoms with E-state index in [4.69, 9.17) is 10.8 Å². The van der Waals surface area contributed by atoms with Crippen molar-refractivity contribution >= 4 is 16.9 Å². The van der Waals surface area contributed by atoms with Crippen LogP contribution in [0.1, 0.15) is 44.2 Å². The Morgan fingerprint density at radius 2 is 2.05 bits per heavy atom. The van der Waals surface area contributed by atoms with Gasteiger partial charge in [-0.3, -0.25) is 15.0 Å². The van der Waals surface area contributed by atoms with Gasteiger partial charge in [0, 0.05) is 11.9 Å². The molecule has 0 amide bonds. The maximum absolute atomic E-state index is 6.28. The summed E-state index contributed by atoms with van der Waals surface area (Å²) in [7, 11) is 0. The Labute approximate surface area is 124 Å². The predicted octanol–water partition coefficient (Wildman–Crippen LogP) is 2.95. The Morgan fingerprint density at radius 3 is 2.85 bits per heavy atom. The third-order valence-corrected chi connectivity index (χ3v) is 5.14. The molecule has 1 aliphatic heterocycles. The van der Waals surface area contributed by atoms with Crippen molar-refractivity contribution in [3.05, 3.63) is 30.1 Å². The number of aromatic nitrogens is 1. The summed E-state index contributed by atoms with van der Waals surface area (Å²) in [5.41, 5.74) is 1.08. The molecule has 0 bridgehead atoms. The molecule has 1 aromatic rings. The van der Waals surface area contributed by atoms with Gasteiger partial charge >= 0.3 is 0 Å². The minimum absolute atomic E-state index is 0.409. The first-order valence-electron chi connectivity index (χ1n) is 7.49. The predicted molar refractivity (Wildman–Crippen MR) is 84.3 cm³/mol. The molecule has 2 aliphatic rings. The Hall–Kier alpha value is -1.07. The number of hydrogen-bond acceptors (Lipinski definition) is 5. The van der Waals surface area contributed by atoms with Crippen molar-refractivity contribution < 1.29 is 0 Å². The van der Waals surface area contributed by atoms with Gasteiger partial charge in [0.25, 0.3) is 0 Å². The van der Waals surface area contributed by atoms with Crippen molar-refractivity contribution in [2.24, 2.45) is 10.8 Å². The molecule has 2 unspecified atom stereocenters. The van der Waals surface area contributed by atoms with E-state index in [1.807, 2.05) is 29.4 Å². The standard InChI is InChI=1S/C15H22N4S/c16-19-14-9-4-2-1-3-8-13(14)18-15(19)20-11-12-7-5-6-10-17-12/h5-7,10,13-14H,1-4,8-9,11,16H2. The van der Waals surface area contributed by atoms with Crippen LogP contribution in [0.5, 0.6) is 0 Å². The van der Waals surface area contributed by atoms with Crippen LogP contribution in [0.2, 0.25) is 0 Å². The highest BCUT2D eigenvalue weighted by molar-refractivity contribution is 8.13. The Bertz CT molecular complexity index is 462. The van der Waals surface area contributed by atoms with E-state index in [1.165, 1.54) is 38.5 Å². The molecular formula is C15H22N4S. The SMILES string of the molecule is NN1C(SCc2ccccn2)=NC2CCCCCCC21. The van der Waals surface area contributed by atoms with Gasteiger partial charge in [-0.15, -0.1) is 0 Å². The van der Waals surface area contributed by atoms with Crippen molar-refractivity contribution in [1.29, 1.82) is 0 Å². The third-order valence-electron chi connectivity index (χ3n) is 4.12. The number of fused-ring (bicyclic) bond motifs is 1. The lowest BCUT2D eigenvalue weighted by molar-refractivity contribution is 0.268. The number of nitrogens with two attached hydrogens (primary N) is 1. The minimum Gasteiger partial charge on any atom is -0.284 e. The second kappa shape index (κ2) is 6.59. The van der Waals surface area contributed by atoms with Crippen LogP contribution in [-0.4, -0.2) is 27.2 Å². The highest BCUT2D eigenvalue weighted by atomic mass is 32.2. The maximum atomic E-state index is 6.28.